The van der Waals surface area contributed by atoms with Crippen LogP contribution in [0.4, 0.5) is 0 Å². The average molecular weight is 282 g/mol. The summed E-state index contributed by atoms with van der Waals surface area (Å²) in [5.74, 6) is 2.63. The molecule has 0 spiro atoms. The highest BCUT2D eigenvalue weighted by molar-refractivity contribution is 4.91. The monoisotopic (exact) mass is 281 g/mol. The molecule has 20 heavy (non-hydrogen) atoms. The summed E-state index contributed by atoms with van der Waals surface area (Å²) in [6.45, 7) is 15.6. The SMILES string of the molecule is CCCNC1CC(C)CCC1C(C)(C)CCCC(C)C. The third-order valence-corrected chi connectivity index (χ3v) is 5.38. The molecule has 1 aliphatic rings. The standard InChI is InChI=1S/C19H39N/c1-7-13-20-18-14-16(4)10-11-17(18)19(5,6)12-8-9-15(2)3/h15-18,20H,7-14H2,1-6H3. The van der Waals surface area contributed by atoms with Crippen molar-refractivity contribution in [2.75, 3.05) is 6.54 Å². The maximum atomic E-state index is 3.86. The second kappa shape index (κ2) is 8.41. The van der Waals surface area contributed by atoms with Crippen LogP contribution in [0.1, 0.15) is 86.5 Å². The molecule has 120 valence electrons. The molecule has 0 aromatic carbocycles. The quantitative estimate of drug-likeness (QED) is 0.607. The Hall–Kier alpha value is -0.0400. The van der Waals surface area contributed by atoms with E-state index in [1.165, 1.54) is 51.5 Å². The van der Waals surface area contributed by atoms with E-state index < -0.39 is 0 Å². The van der Waals surface area contributed by atoms with Crippen LogP contribution in [-0.4, -0.2) is 12.6 Å². The Morgan fingerprint density at radius 1 is 1.20 bits per heavy atom. The molecule has 1 N–H and O–H groups in total. The molecule has 0 aliphatic heterocycles. The third-order valence-electron chi connectivity index (χ3n) is 5.38. The van der Waals surface area contributed by atoms with E-state index >= 15 is 0 Å². The van der Waals surface area contributed by atoms with Crippen molar-refractivity contribution in [3.63, 3.8) is 0 Å². The Bertz CT molecular complexity index is 256. The van der Waals surface area contributed by atoms with Crippen molar-refractivity contribution in [1.82, 2.24) is 5.32 Å². The first-order valence-electron chi connectivity index (χ1n) is 9.10. The Balaban J connectivity index is 2.57. The minimum atomic E-state index is 0.500. The van der Waals surface area contributed by atoms with Crippen LogP contribution in [0.5, 0.6) is 0 Å². The van der Waals surface area contributed by atoms with Gasteiger partial charge in [-0.25, -0.2) is 0 Å². The Morgan fingerprint density at radius 2 is 1.90 bits per heavy atom. The highest BCUT2D eigenvalue weighted by atomic mass is 14.9. The minimum Gasteiger partial charge on any atom is -0.314 e. The van der Waals surface area contributed by atoms with E-state index in [0.29, 0.717) is 5.41 Å². The molecule has 3 unspecified atom stereocenters. The molecule has 0 amide bonds. The molecule has 1 rings (SSSR count). The zero-order valence-corrected chi connectivity index (χ0v) is 15.0. The lowest BCUT2D eigenvalue weighted by molar-refractivity contribution is 0.0836. The van der Waals surface area contributed by atoms with E-state index in [1.807, 2.05) is 0 Å². The second-order valence-electron chi connectivity index (χ2n) is 8.36. The normalized spacial score (nSPS) is 28.1. The van der Waals surface area contributed by atoms with E-state index in [9.17, 15) is 0 Å². The molecule has 3 atom stereocenters. The topological polar surface area (TPSA) is 12.0 Å². The predicted molar refractivity (Wildman–Crippen MR) is 91.1 cm³/mol. The van der Waals surface area contributed by atoms with Gasteiger partial charge in [-0.05, 0) is 55.4 Å². The van der Waals surface area contributed by atoms with Gasteiger partial charge in [0.1, 0.15) is 0 Å². The van der Waals surface area contributed by atoms with E-state index in [1.54, 1.807) is 0 Å². The largest absolute Gasteiger partial charge is 0.314 e. The molecular formula is C19H39N. The van der Waals surface area contributed by atoms with Crippen LogP contribution in [0.15, 0.2) is 0 Å². The van der Waals surface area contributed by atoms with Crippen LogP contribution >= 0.6 is 0 Å². The summed E-state index contributed by atoms with van der Waals surface area (Å²) in [7, 11) is 0. The maximum absolute atomic E-state index is 3.86. The molecule has 0 saturated heterocycles. The Kier molecular flexibility index (Phi) is 7.58. The van der Waals surface area contributed by atoms with Gasteiger partial charge >= 0.3 is 0 Å². The van der Waals surface area contributed by atoms with Crippen LogP contribution in [-0.2, 0) is 0 Å². The molecule has 0 radical (unpaired) electrons. The van der Waals surface area contributed by atoms with Gasteiger partial charge in [-0.15, -0.1) is 0 Å². The molecule has 0 aromatic heterocycles. The number of nitrogens with one attached hydrogen (secondary N) is 1. The van der Waals surface area contributed by atoms with Crippen LogP contribution in [0.25, 0.3) is 0 Å². The summed E-state index contributed by atoms with van der Waals surface area (Å²) in [6.07, 6.45) is 9.69. The minimum absolute atomic E-state index is 0.500. The first-order valence-corrected chi connectivity index (χ1v) is 9.10. The zero-order valence-electron chi connectivity index (χ0n) is 15.0. The van der Waals surface area contributed by atoms with Crippen molar-refractivity contribution < 1.29 is 0 Å². The first kappa shape index (κ1) is 18.0. The lowest BCUT2D eigenvalue weighted by Crippen LogP contribution is -2.47. The summed E-state index contributed by atoms with van der Waals surface area (Å²) in [5, 5.41) is 3.86. The lowest BCUT2D eigenvalue weighted by atomic mass is 9.64. The fraction of sp³-hybridized carbons (Fsp3) is 1.00. The van der Waals surface area contributed by atoms with Crippen molar-refractivity contribution >= 4 is 0 Å². The summed E-state index contributed by atoms with van der Waals surface area (Å²) in [4.78, 5) is 0. The Morgan fingerprint density at radius 3 is 2.50 bits per heavy atom. The molecule has 1 heteroatoms. The fourth-order valence-corrected chi connectivity index (χ4v) is 4.02. The summed E-state index contributed by atoms with van der Waals surface area (Å²) in [6, 6.07) is 0.757. The maximum Gasteiger partial charge on any atom is 0.0103 e. The summed E-state index contributed by atoms with van der Waals surface area (Å²) in [5.41, 5.74) is 0.500. The van der Waals surface area contributed by atoms with Gasteiger partial charge in [0.15, 0.2) is 0 Å². The van der Waals surface area contributed by atoms with Crippen molar-refractivity contribution in [2.24, 2.45) is 23.2 Å². The van der Waals surface area contributed by atoms with E-state index in [0.717, 1.165) is 23.8 Å². The molecule has 0 aromatic rings. The molecule has 1 fully saturated rings. The van der Waals surface area contributed by atoms with Crippen LogP contribution < -0.4 is 5.32 Å². The van der Waals surface area contributed by atoms with Gasteiger partial charge in [-0.1, -0.05) is 60.8 Å². The smallest absolute Gasteiger partial charge is 0.0103 e. The van der Waals surface area contributed by atoms with Gasteiger partial charge in [0.25, 0.3) is 0 Å². The van der Waals surface area contributed by atoms with E-state index in [2.05, 4.69) is 46.9 Å². The molecule has 0 heterocycles. The average Bonchev–Trinajstić information content (AvgIpc) is 2.35. The number of hydrogen-bond donors (Lipinski definition) is 1. The van der Waals surface area contributed by atoms with Gasteiger partial charge in [0.05, 0.1) is 0 Å². The highest BCUT2D eigenvalue weighted by Crippen LogP contribution is 2.43. The van der Waals surface area contributed by atoms with Crippen LogP contribution in [0, 0.1) is 23.2 Å². The van der Waals surface area contributed by atoms with Gasteiger partial charge in [0.2, 0.25) is 0 Å². The van der Waals surface area contributed by atoms with E-state index in [-0.39, 0.29) is 0 Å². The molecule has 1 aliphatic carbocycles. The first-order chi connectivity index (χ1) is 9.36. The number of hydrogen-bond acceptors (Lipinski definition) is 1. The molecule has 1 saturated carbocycles. The van der Waals surface area contributed by atoms with Crippen LogP contribution in [0.2, 0.25) is 0 Å². The summed E-state index contributed by atoms with van der Waals surface area (Å²) < 4.78 is 0. The van der Waals surface area contributed by atoms with Crippen molar-refractivity contribution in [3.05, 3.63) is 0 Å². The Labute approximate surface area is 128 Å². The lowest BCUT2D eigenvalue weighted by Gasteiger charge is -2.45. The fourth-order valence-electron chi connectivity index (χ4n) is 4.02. The van der Waals surface area contributed by atoms with Gasteiger partial charge < -0.3 is 5.32 Å². The van der Waals surface area contributed by atoms with Gasteiger partial charge in [-0.3, -0.25) is 0 Å². The van der Waals surface area contributed by atoms with Gasteiger partial charge in [-0.2, -0.15) is 0 Å². The van der Waals surface area contributed by atoms with E-state index in [4.69, 9.17) is 0 Å². The van der Waals surface area contributed by atoms with Gasteiger partial charge in [0, 0.05) is 6.04 Å². The molecule has 1 nitrogen and oxygen atoms in total. The second-order valence-corrected chi connectivity index (χ2v) is 8.36. The van der Waals surface area contributed by atoms with Crippen molar-refractivity contribution in [1.29, 1.82) is 0 Å². The van der Waals surface area contributed by atoms with Crippen LogP contribution in [0.3, 0.4) is 0 Å². The summed E-state index contributed by atoms with van der Waals surface area (Å²) >= 11 is 0. The predicted octanol–water partition coefficient (Wildman–Crippen LogP) is 5.64. The third kappa shape index (κ3) is 5.76. The number of rotatable bonds is 8. The highest BCUT2D eigenvalue weighted by Gasteiger charge is 2.38. The molecule has 0 bridgehead atoms. The van der Waals surface area contributed by atoms with Crippen molar-refractivity contribution in [2.45, 2.75) is 92.5 Å². The zero-order chi connectivity index (χ0) is 15.2. The molecular weight excluding hydrogens is 242 g/mol. The van der Waals surface area contributed by atoms with Crippen molar-refractivity contribution in [3.8, 4) is 0 Å².